The lowest BCUT2D eigenvalue weighted by Gasteiger charge is -2.23. The van der Waals surface area contributed by atoms with Gasteiger partial charge in [-0.15, -0.1) is 0 Å². The maximum atomic E-state index is 12.2. The van der Waals surface area contributed by atoms with E-state index in [2.05, 4.69) is 10.6 Å². The zero-order valence-corrected chi connectivity index (χ0v) is 19.7. The van der Waals surface area contributed by atoms with E-state index < -0.39 is 6.10 Å². The number of aromatic hydroxyl groups is 1. The van der Waals surface area contributed by atoms with Gasteiger partial charge < -0.3 is 25.6 Å². The second-order valence-electron chi connectivity index (χ2n) is 8.33. The van der Waals surface area contributed by atoms with Crippen molar-refractivity contribution in [2.24, 2.45) is 0 Å². The van der Waals surface area contributed by atoms with E-state index in [4.69, 9.17) is 21.3 Å². The molecule has 34 heavy (non-hydrogen) atoms. The number of aryl methyl sites for hydroxylation is 1. The fraction of sp³-hybridized carbons (Fsp3) is 0.308. The number of aromatic nitrogens is 1. The monoisotopic (exact) mass is 481 g/mol. The predicted octanol–water partition coefficient (Wildman–Crippen LogP) is 4.08. The molecule has 1 aliphatic carbocycles. The average Bonchev–Trinajstić information content (AvgIpc) is 2.84. The number of carbonyl (C=O) groups is 1. The highest BCUT2D eigenvalue weighted by Crippen LogP contribution is 2.34. The second-order valence-corrected chi connectivity index (χ2v) is 8.76. The van der Waals surface area contributed by atoms with Crippen molar-refractivity contribution in [1.29, 1.82) is 0 Å². The minimum absolute atomic E-state index is 0.0334. The summed E-state index contributed by atoms with van der Waals surface area (Å²) in [5.74, 6) is 0.0377. The summed E-state index contributed by atoms with van der Waals surface area (Å²) >= 11 is 6.18. The molecule has 1 aromatic heterocycles. The highest BCUT2D eigenvalue weighted by molar-refractivity contribution is 6.31. The quantitative estimate of drug-likeness (QED) is 0.361. The number of nitrogens with zero attached hydrogens (tertiary/aromatic N) is 1. The van der Waals surface area contributed by atoms with Crippen LogP contribution >= 0.6 is 11.6 Å². The maximum Gasteiger partial charge on any atom is 0.244 e. The lowest BCUT2D eigenvalue weighted by atomic mass is 9.92. The minimum Gasteiger partial charge on any atom is -0.504 e. The zero-order valence-electron chi connectivity index (χ0n) is 19.0. The molecule has 0 fully saturated rings. The van der Waals surface area contributed by atoms with E-state index in [0.29, 0.717) is 16.3 Å². The van der Waals surface area contributed by atoms with Crippen LogP contribution in [0.4, 0.5) is 5.69 Å². The van der Waals surface area contributed by atoms with Crippen molar-refractivity contribution >= 4 is 40.2 Å². The molecule has 178 valence electrons. The van der Waals surface area contributed by atoms with Crippen LogP contribution in [0.15, 0.2) is 42.5 Å². The highest BCUT2D eigenvalue weighted by atomic mass is 35.5. The summed E-state index contributed by atoms with van der Waals surface area (Å²) in [4.78, 5) is 17.0. The van der Waals surface area contributed by atoms with Gasteiger partial charge in [-0.1, -0.05) is 17.7 Å². The molecule has 0 aliphatic heterocycles. The zero-order chi connectivity index (χ0) is 24.1. The number of fused-ring (bicyclic) bond motifs is 2. The number of hydrogen-bond acceptors (Lipinski definition) is 6. The maximum absolute atomic E-state index is 12.2. The number of hydrogen-bond donors (Lipinski definition) is 4. The number of rotatable bonds is 8. The fourth-order valence-electron chi connectivity index (χ4n) is 4.14. The summed E-state index contributed by atoms with van der Waals surface area (Å²) in [6, 6.07) is 10.5. The van der Waals surface area contributed by atoms with Gasteiger partial charge >= 0.3 is 0 Å². The van der Waals surface area contributed by atoms with Gasteiger partial charge in [0.05, 0.1) is 18.7 Å². The number of amides is 1. The Morgan fingerprint density at radius 2 is 2.03 bits per heavy atom. The molecule has 0 saturated carbocycles. The summed E-state index contributed by atoms with van der Waals surface area (Å²) in [5.41, 5.74) is 4.82. The van der Waals surface area contributed by atoms with E-state index >= 15 is 0 Å². The molecule has 0 saturated heterocycles. The molecular weight excluding hydrogens is 454 g/mol. The van der Waals surface area contributed by atoms with Crippen LogP contribution in [0.5, 0.6) is 11.5 Å². The topological polar surface area (TPSA) is 104 Å². The second kappa shape index (κ2) is 10.8. The Kier molecular flexibility index (Phi) is 7.55. The SMILES string of the molecule is COc1cc(/C=C/C(=O)NCC(O)CNc2c3c(nc4cc(Cl)ccc24)CCCC3)ccc1O. The number of phenols is 1. The minimum atomic E-state index is -0.777. The molecule has 8 heteroatoms. The lowest BCUT2D eigenvalue weighted by Crippen LogP contribution is -2.35. The van der Waals surface area contributed by atoms with Gasteiger partial charge in [-0.25, -0.2) is 0 Å². The third kappa shape index (κ3) is 5.61. The van der Waals surface area contributed by atoms with Gasteiger partial charge in [0, 0.05) is 41.0 Å². The van der Waals surface area contributed by atoms with E-state index in [0.717, 1.165) is 48.0 Å². The van der Waals surface area contributed by atoms with Gasteiger partial charge in [0.25, 0.3) is 0 Å². The molecule has 2 aromatic carbocycles. The Bertz CT molecular complexity index is 1230. The van der Waals surface area contributed by atoms with Gasteiger partial charge in [0.2, 0.25) is 5.91 Å². The Balaban J connectivity index is 1.37. The summed E-state index contributed by atoms with van der Waals surface area (Å²) < 4.78 is 5.07. The molecule has 4 rings (SSSR count). The Labute approximate surface area is 203 Å². The van der Waals surface area contributed by atoms with Crippen LogP contribution in [0.3, 0.4) is 0 Å². The van der Waals surface area contributed by atoms with Crippen molar-refractivity contribution in [1.82, 2.24) is 10.3 Å². The largest absolute Gasteiger partial charge is 0.504 e. The van der Waals surface area contributed by atoms with Crippen LogP contribution in [0.2, 0.25) is 5.02 Å². The normalized spacial score (nSPS) is 14.1. The molecule has 0 radical (unpaired) electrons. The van der Waals surface area contributed by atoms with E-state index in [-0.39, 0.29) is 24.7 Å². The van der Waals surface area contributed by atoms with Crippen LogP contribution in [-0.2, 0) is 17.6 Å². The Hall–Kier alpha value is -3.29. The van der Waals surface area contributed by atoms with Gasteiger partial charge in [0.1, 0.15) is 0 Å². The number of benzene rings is 2. The van der Waals surface area contributed by atoms with Crippen LogP contribution in [0.1, 0.15) is 29.7 Å². The molecule has 1 amide bonds. The number of aliphatic hydroxyl groups excluding tert-OH is 1. The van der Waals surface area contributed by atoms with Crippen LogP contribution in [-0.4, -0.2) is 47.4 Å². The number of aliphatic hydroxyl groups is 1. The fourth-order valence-corrected chi connectivity index (χ4v) is 4.31. The number of halogens is 1. The number of nitrogens with one attached hydrogen (secondary N) is 2. The van der Waals surface area contributed by atoms with Crippen LogP contribution < -0.4 is 15.4 Å². The first-order chi connectivity index (χ1) is 16.4. The number of ether oxygens (including phenoxy) is 1. The summed E-state index contributed by atoms with van der Waals surface area (Å²) in [7, 11) is 1.46. The van der Waals surface area contributed by atoms with Crippen molar-refractivity contribution in [2.75, 3.05) is 25.5 Å². The first kappa shape index (κ1) is 23.9. The first-order valence-electron chi connectivity index (χ1n) is 11.3. The number of phenolic OH excluding ortho intramolecular Hbond substituents is 1. The van der Waals surface area contributed by atoms with Crippen molar-refractivity contribution in [3.63, 3.8) is 0 Å². The van der Waals surface area contributed by atoms with Crippen molar-refractivity contribution in [3.05, 3.63) is 64.3 Å². The van der Waals surface area contributed by atoms with E-state index in [9.17, 15) is 15.0 Å². The van der Waals surface area contributed by atoms with Crippen molar-refractivity contribution < 1.29 is 19.7 Å². The molecular formula is C26H28ClN3O4. The highest BCUT2D eigenvalue weighted by Gasteiger charge is 2.19. The van der Waals surface area contributed by atoms with Crippen molar-refractivity contribution in [2.45, 2.75) is 31.8 Å². The third-order valence-corrected chi connectivity index (χ3v) is 6.12. The summed E-state index contributed by atoms with van der Waals surface area (Å²) in [6.45, 7) is 0.388. The number of methoxy groups -OCH3 is 1. The molecule has 1 aliphatic rings. The molecule has 0 spiro atoms. The smallest absolute Gasteiger partial charge is 0.244 e. The Morgan fingerprint density at radius 1 is 1.21 bits per heavy atom. The van der Waals surface area contributed by atoms with Crippen molar-refractivity contribution in [3.8, 4) is 11.5 Å². The number of pyridine rings is 1. The summed E-state index contributed by atoms with van der Waals surface area (Å²) in [6.07, 6.45) is 6.32. The number of carbonyl (C=O) groups excluding carboxylic acids is 1. The first-order valence-corrected chi connectivity index (χ1v) is 11.7. The molecule has 1 atom stereocenters. The molecule has 4 N–H and O–H groups in total. The predicted molar refractivity (Wildman–Crippen MR) is 135 cm³/mol. The van der Waals surface area contributed by atoms with E-state index in [1.165, 1.54) is 24.8 Å². The third-order valence-electron chi connectivity index (χ3n) is 5.88. The molecule has 0 bridgehead atoms. The molecule has 1 heterocycles. The van der Waals surface area contributed by atoms with Gasteiger partial charge in [-0.05, 0) is 73.2 Å². The van der Waals surface area contributed by atoms with E-state index in [1.807, 2.05) is 18.2 Å². The van der Waals surface area contributed by atoms with Crippen LogP contribution in [0, 0.1) is 0 Å². The van der Waals surface area contributed by atoms with Gasteiger partial charge in [-0.3, -0.25) is 9.78 Å². The molecule has 3 aromatic rings. The van der Waals surface area contributed by atoms with Gasteiger partial charge in [-0.2, -0.15) is 0 Å². The standard InChI is InChI=1S/C26H28ClN3O4/c1-34-24-12-16(6-10-23(24)32)7-11-25(33)28-14-18(31)15-29-26-19-4-2-3-5-21(19)30-22-13-17(27)8-9-20(22)26/h6-13,18,31-32H,2-5,14-15H2,1H3,(H,28,33)(H,29,30)/b11-7+. The van der Waals surface area contributed by atoms with E-state index in [1.54, 1.807) is 18.2 Å². The van der Waals surface area contributed by atoms with Gasteiger partial charge in [0.15, 0.2) is 11.5 Å². The average molecular weight is 482 g/mol. The molecule has 1 unspecified atom stereocenters. The van der Waals surface area contributed by atoms with Crippen LogP contribution in [0.25, 0.3) is 17.0 Å². The Morgan fingerprint density at radius 3 is 2.85 bits per heavy atom. The molecule has 7 nitrogen and oxygen atoms in total. The number of anilines is 1. The lowest BCUT2D eigenvalue weighted by molar-refractivity contribution is -0.116. The summed E-state index contributed by atoms with van der Waals surface area (Å²) in [5, 5.41) is 27.9.